The zero-order chi connectivity index (χ0) is 31.7. The lowest BCUT2D eigenvalue weighted by Crippen LogP contribution is -2.58. The van der Waals surface area contributed by atoms with Crippen LogP contribution >= 0.6 is 0 Å². The molecule has 0 aliphatic carbocycles. The van der Waals surface area contributed by atoms with Crippen LogP contribution in [0.15, 0.2) is 54.7 Å². The van der Waals surface area contributed by atoms with Crippen LogP contribution in [0.1, 0.15) is 51.7 Å². The maximum Gasteiger partial charge on any atom is 0.326 e. The molecule has 11 nitrogen and oxygen atoms in total. The molecule has 3 amide bonds. The van der Waals surface area contributed by atoms with Gasteiger partial charge in [0.25, 0.3) is 0 Å². The van der Waals surface area contributed by atoms with Crippen molar-refractivity contribution in [1.82, 2.24) is 20.9 Å². The van der Waals surface area contributed by atoms with Crippen molar-refractivity contribution in [2.75, 3.05) is 0 Å². The number of aromatic nitrogens is 1. The third-order valence-corrected chi connectivity index (χ3v) is 7.12. The van der Waals surface area contributed by atoms with Crippen molar-refractivity contribution < 1.29 is 29.4 Å². The molecule has 0 radical (unpaired) electrons. The zero-order valence-corrected chi connectivity index (χ0v) is 25.1. The summed E-state index contributed by atoms with van der Waals surface area (Å²) in [5.41, 5.74) is 8.36. The first-order chi connectivity index (χ1) is 20.3. The molecular formula is C32H43N5O6. The second-order valence-corrected chi connectivity index (χ2v) is 11.8. The Bertz CT molecular complexity index is 1400. The van der Waals surface area contributed by atoms with Gasteiger partial charge in [0.15, 0.2) is 0 Å². The summed E-state index contributed by atoms with van der Waals surface area (Å²) < 4.78 is 0. The van der Waals surface area contributed by atoms with Crippen LogP contribution in [0.3, 0.4) is 0 Å². The summed E-state index contributed by atoms with van der Waals surface area (Å²) in [6.07, 6.45) is 2.52. The number of carboxylic acids is 1. The molecule has 0 bridgehead atoms. The van der Waals surface area contributed by atoms with Gasteiger partial charge >= 0.3 is 5.97 Å². The predicted molar refractivity (Wildman–Crippen MR) is 164 cm³/mol. The van der Waals surface area contributed by atoms with E-state index in [2.05, 4.69) is 20.9 Å². The number of carboxylic acid groups (broad SMARTS) is 1. The highest BCUT2D eigenvalue weighted by molar-refractivity contribution is 5.95. The van der Waals surface area contributed by atoms with E-state index in [1.54, 1.807) is 18.3 Å². The molecule has 4 atom stereocenters. The number of rotatable bonds is 15. The number of aromatic hydroxyl groups is 1. The number of nitrogens with two attached hydrogens (primary N) is 1. The molecule has 4 unspecified atom stereocenters. The van der Waals surface area contributed by atoms with Gasteiger partial charge < -0.3 is 36.9 Å². The van der Waals surface area contributed by atoms with E-state index in [0.717, 1.165) is 16.5 Å². The Labute approximate surface area is 251 Å². The number of phenols is 1. The smallest absolute Gasteiger partial charge is 0.326 e. The number of carbonyl (C=O) groups excluding carboxylic acids is 3. The number of hydrogen-bond donors (Lipinski definition) is 7. The summed E-state index contributed by atoms with van der Waals surface area (Å²) >= 11 is 0. The Morgan fingerprint density at radius 2 is 1.33 bits per heavy atom. The van der Waals surface area contributed by atoms with Crippen LogP contribution in [0, 0.1) is 11.8 Å². The lowest BCUT2D eigenvalue weighted by Gasteiger charge is -2.26. The fraction of sp³-hybridized carbons (Fsp3) is 0.438. The summed E-state index contributed by atoms with van der Waals surface area (Å²) in [5.74, 6) is -2.75. The Kier molecular flexibility index (Phi) is 11.7. The molecule has 0 aliphatic heterocycles. The highest BCUT2D eigenvalue weighted by Crippen LogP contribution is 2.20. The monoisotopic (exact) mass is 593 g/mol. The number of aromatic amines is 1. The predicted octanol–water partition coefficient (Wildman–Crippen LogP) is 2.62. The lowest BCUT2D eigenvalue weighted by atomic mass is 9.99. The van der Waals surface area contributed by atoms with Gasteiger partial charge in [-0.05, 0) is 54.0 Å². The molecular weight excluding hydrogens is 550 g/mol. The zero-order valence-electron chi connectivity index (χ0n) is 25.1. The maximum atomic E-state index is 13.8. The number of para-hydroxylation sites is 1. The van der Waals surface area contributed by atoms with Gasteiger partial charge in [-0.2, -0.15) is 0 Å². The fourth-order valence-electron chi connectivity index (χ4n) is 4.94. The van der Waals surface area contributed by atoms with Crippen molar-refractivity contribution in [3.63, 3.8) is 0 Å². The molecule has 1 heterocycles. The van der Waals surface area contributed by atoms with E-state index in [-0.39, 0.29) is 36.8 Å². The third-order valence-electron chi connectivity index (χ3n) is 7.12. The molecule has 0 aliphatic rings. The van der Waals surface area contributed by atoms with E-state index in [4.69, 9.17) is 5.73 Å². The number of hydrogen-bond acceptors (Lipinski definition) is 6. The average molecular weight is 594 g/mol. The highest BCUT2D eigenvalue weighted by atomic mass is 16.4. The molecule has 0 saturated carbocycles. The SMILES string of the molecule is CC(C)CC(N)C(=O)NC(Cc1ccc(O)cc1)C(=O)NC(Cc1c[nH]c2ccccc12)C(=O)NC(CC(C)C)C(=O)O. The van der Waals surface area contributed by atoms with Crippen LogP contribution in [0.25, 0.3) is 10.9 Å². The Hall–Kier alpha value is -4.38. The van der Waals surface area contributed by atoms with E-state index in [1.807, 2.05) is 52.0 Å². The second kappa shape index (κ2) is 15.2. The van der Waals surface area contributed by atoms with Gasteiger partial charge in [0.1, 0.15) is 23.9 Å². The highest BCUT2D eigenvalue weighted by Gasteiger charge is 2.31. The fourth-order valence-corrected chi connectivity index (χ4v) is 4.94. The molecule has 8 N–H and O–H groups in total. The van der Waals surface area contributed by atoms with Crippen molar-refractivity contribution in [2.45, 2.75) is 77.5 Å². The molecule has 0 spiro atoms. The number of aliphatic carboxylic acids is 1. The first-order valence-corrected chi connectivity index (χ1v) is 14.6. The van der Waals surface area contributed by atoms with E-state index >= 15 is 0 Å². The molecule has 0 saturated heterocycles. The summed E-state index contributed by atoms with van der Waals surface area (Å²) in [5, 5.41) is 28.4. The van der Waals surface area contributed by atoms with Gasteiger partial charge in [-0.3, -0.25) is 14.4 Å². The van der Waals surface area contributed by atoms with Gasteiger partial charge in [-0.25, -0.2) is 4.79 Å². The van der Waals surface area contributed by atoms with Crippen LogP contribution in [0.5, 0.6) is 5.75 Å². The molecule has 11 heteroatoms. The molecule has 43 heavy (non-hydrogen) atoms. The van der Waals surface area contributed by atoms with Crippen molar-refractivity contribution >= 4 is 34.6 Å². The number of benzene rings is 2. The summed E-state index contributed by atoms with van der Waals surface area (Å²) in [6.45, 7) is 7.58. The number of phenolic OH excluding ortho intramolecular Hbond substituents is 1. The number of carbonyl (C=O) groups is 4. The van der Waals surface area contributed by atoms with Crippen LogP contribution in [0.4, 0.5) is 0 Å². The largest absolute Gasteiger partial charge is 0.508 e. The van der Waals surface area contributed by atoms with Crippen LogP contribution in [0.2, 0.25) is 0 Å². The van der Waals surface area contributed by atoms with Crippen molar-refractivity contribution in [3.8, 4) is 5.75 Å². The molecule has 232 valence electrons. The summed E-state index contributed by atoms with van der Waals surface area (Å²) in [4.78, 5) is 55.4. The molecule has 3 rings (SSSR count). The van der Waals surface area contributed by atoms with Crippen LogP contribution in [-0.2, 0) is 32.0 Å². The first-order valence-electron chi connectivity index (χ1n) is 14.6. The van der Waals surface area contributed by atoms with Gasteiger partial charge in [0.2, 0.25) is 17.7 Å². The van der Waals surface area contributed by atoms with Gasteiger partial charge in [-0.1, -0.05) is 58.0 Å². The van der Waals surface area contributed by atoms with Gasteiger partial charge in [-0.15, -0.1) is 0 Å². The topological polar surface area (TPSA) is 187 Å². The minimum Gasteiger partial charge on any atom is -0.508 e. The van der Waals surface area contributed by atoms with Crippen LogP contribution in [-0.4, -0.2) is 63.1 Å². The minimum absolute atomic E-state index is 0.00279. The summed E-state index contributed by atoms with van der Waals surface area (Å²) in [6, 6.07) is 9.51. The van der Waals surface area contributed by atoms with E-state index in [0.29, 0.717) is 12.0 Å². The number of fused-ring (bicyclic) bond motifs is 1. The van der Waals surface area contributed by atoms with Gasteiger partial charge in [0, 0.05) is 29.9 Å². The molecule has 1 aromatic heterocycles. The maximum absolute atomic E-state index is 13.8. The molecule has 3 aromatic rings. The van der Waals surface area contributed by atoms with Crippen molar-refractivity contribution in [3.05, 3.63) is 65.9 Å². The van der Waals surface area contributed by atoms with Gasteiger partial charge in [0.05, 0.1) is 6.04 Å². The van der Waals surface area contributed by atoms with Crippen molar-refractivity contribution in [1.29, 1.82) is 0 Å². The Balaban J connectivity index is 1.91. The number of nitrogens with one attached hydrogen (secondary N) is 4. The lowest BCUT2D eigenvalue weighted by molar-refractivity contribution is -0.142. The molecule has 2 aromatic carbocycles. The minimum atomic E-state index is -1.17. The number of amides is 3. The quantitative estimate of drug-likeness (QED) is 0.141. The Morgan fingerprint density at radius 3 is 1.93 bits per heavy atom. The van der Waals surface area contributed by atoms with E-state index in [1.165, 1.54) is 12.1 Å². The number of H-pyrrole nitrogens is 1. The second-order valence-electron chi connectivity index (χ2n) is 11.8. The average Bonchev–Trinajstić information content (AvgIpc) is 3.35. The summed E-state index contributed by atoms with van der Waals surface area (Å²) in [7, 11) is 0. The van der Waals surface area contributed by atoms with Crippen LogP contribution < -0.4 is 21.7 Å². The van der Waals surface area contributed by atoms with E-state index in [9.17, 15) is 29.4 Å². The van der Waals surface area contributed by atoms with Crippen molar-refractivity contribution in [2.24, 2.45) is 17.6 Å². The first kappa shape index (κ1) is 33.1. The third kappa shape index (κ3) is 9.85. The Morgan fingerprint density at radius 1 is 0.767 bits per heavy atom. The molecule has 0 fully saturated rings. The normalized spacial score (nSPS) is 14.2. The standard InChI is InChI=1S/C32H43N5O6/c1-18(2)13-24(33)29(39)35-26(15-20-9-11-22(38)12-10-20)30(40)36-27(31(41)37-28(32(42)43)14-19(3)4)16-21-17-34-25-8-6-5-7-23(21)25/h5-12,17-19,24,26-28,34,38H,13-16,33H2,1-4H3,(H,35,39)(H,36,40)(H,37,41)(H,42,43). The van der Waals surface area contributed by atoms with E-state index < -0.39 is 47.9 Å².